The molecule has 0 saturated carbocycles. The van der Waals surface area contributed by atoms with E-state index >= 15 is 0 Å². The van der Waals surface area contributed by atoms with Gasteiger partial charge < -0.3 is 5.21 Å². The van der Waals surface area contributed by atoms with E-state index in [0.29, 0.717) is 0 Å². The third-order valence-corrected chi connectivity index (χ3v) is 2.08. The quantitative estimate of drug-likeness (QED) is 0.405. The van der Waals surface area contributed by atoms with Gasteiger partial charge in [0.15, 0.2) is 0 Å². The fourth-order valence-corrected chi connectivity index (χ4v) is 1.07. The summed E-state index contributed by atoms with van der Waals surface area (Å²) >= 11 is 0. The average molecular weight is 163 g/mol. The van der Waals surface area contributed by atoms with Gasteiger partial charge in [0.1, 0.15) is 0 Å². The maximum Gasteiger partial charge on any atom is 0.0611 e. The van der Waals surface area contributed by atoms with Crippen LogP contribution in [0.2, 0.25) is 0 Å². The van der Waals surface area contributed by atoms with Gasteiger partial charge in [0, 0.05) is 5.92 Å². The lowest BCUT2D eigenvalue weighted by atomic mass is 9.97. The van der Waals surface area contributed by atoms with E-state index in [2.05, 4.69) is 5.16 Å². The Bertz CT molecular complexity index is 266. The molecule has 1 atom stereocenters. The molecule has 0 amide bonds. The highest BCUT2D eigenvalue weighted by Crippen LogP contribution is 2.15. The molecule has 2 nitrogen and oxygen atoms in total. The van der Waals surface area contributed by atoms with Crippen LogP contribution in [0, 0.1) is 0 Å². The Morgan fingerprint density at radius 1 is 1.33 bits per heavy atom. The fraction of sp³-hybridized carbons (Fsp3) is 0.300. The summed E-state index contributed by atoms with van der Waals surface area (Å²) in [6.07, 6.45) is 0. The van der Waals surface area contributed by atoms with Gasteiger partial charge in [0.2, 0.25) is 0 Å². The summed E-state index contributed by atoms with van der Waals surface area (Å²) in [6.45, 7) is 3.84. The monoisotopic (exact) mass is 163 g/mol. The van der Waals surface area contributed by atoms with Crippen molar-refractivity contribution < 1.29 is 5.21 Å². The predicted octanol–water partition coefficient (Wildman–Crippen LogP) is 2.64. The molecule has 0 radical (unpaired) electrons. The minimum atomic E-state index is 0.191. The topological polar surface area (TPSA) is 32.6 Å². The highest BCUT2D eigenvalue weighted by atomic mass is 16.4. The van der Waals surface area contributed by atoms with E-state index in [1.54, 1.807) is 0 Å². The first-order valence-corrected chi connectivity index (χ1v) is 3.99. The molecule has 1 N–H and O–H groups in total. The van der Waals surface area contributed by atoms with E-state index in [1.165, 1.54) is 5.56 Å². The van der Waals surface area contributed by atoms with Crippen LogP contribution in [0.1, 0.15) is 25.3 Å². The summed E-state index contributed by atoms with van der Waals surface area (Å²) in [5, 5.41) is 11.7. The first kappa shape index (κ1) is 8.78. The molecule has 0 heterocycles. The zero-order valence-corrected chi connectivity index (χ0v) is 7.36. The van der Waals surface area contributed by atoms with Crippen molar-refractivity contribution in [2.24, 2.45) is 5.16 Å². The van der Waals surface area contributed by atoms with Crippen molar-refractivity contribution in [3.8, 4) is 0 Å². The van der Waals surface area contributed by atoms with E-state index in [4.69, 9.17) is 5.21 Å². The van der Waals surface area contributed by atoms with Gasteiger partial charge >= 0.3 is 0 Å². The van der Waals surface area contributed by atoms with Crippen molar-refractivity contribution in [3.63, 3.8) is 0 Å². The maximum absolute atomic E-state index is 8.55. The Balaban J connectivity index is 2.86. The zero-order chi connectivity index (χ0) is 8.97. The molecule has 0 saturated heterocycles. The Morgan fingerprint density at radius 2 is 1.92 bits per heavy atom. The Morgan fingerprint density at radius 3 is 2.42 bits per heavy atom. The van der Waals surface area contributed by atoms with Crippen LogP contribution in [0.5, 0.6) is 0 Å². The lowest BCUT2D eigenvalue weighted by Gasteiger charge is -2.08. The Kier molecular flexibility index (Phi) is 2.86. The van der Waals surface area contributed by atoms with Gasteiger partial charge in [0.25, 0.3) is 0 Å². The Hall–Kier alpha value is -1.31. The molecule has 0 aliphatic carbocycles. The Labute approximate surface area is 72.5 Å². The fourth-order valence-electron chi connectivity index (χ4n) is 1.07. The largest absolute Gasteiger partial charge is 0.411 e. The molecule has 1 aromatic carbocycles. The van der Waals surface area contributed by atoms with Crippen LogP contribution in [0.25, 0.3) is 0 Å². The molecule has 0 aromatic heterocycles. The minimum absolute atomic E-state index is 0.191. The second kappa shape index (κ2) is 3.90. The second-order valence-electron chi connectivity index (χ2n) is 2.87. The number of oxime groups is 1. The standard InChI is InChI=1S/C10H13NO/c1-8(9(2)11-12)10-6-4-3-5-7-10/h3-8,12H,1-2H3/b11-9-/t8-/m0/s1. The summed E-state index contributed by atoms with van der Waals surface area (Å²) in [7, 11) is 0. The smallest absolute Gasteiger partial charge is 0.0611 e. The third-order valence-electron chi connectivity index (χ3n) is 2.08. The van der Waals surface area contributed by atoms with Crippen molar-refractivity contribution in [1.29, 1.82) is 0 Å². The van der Waals surface area contributed by atoms with Crippen molar-refractivity contribution in [1.82, 2.24) is 0 Å². The van der Waals surface area contributed by atoms with E-state index < -0.39 is 0 Å². The molecule has 0 bridgehead atoms. The number of hydrogen-bond donors (Lipinski definition) is 1. The molecule has 0 spiro atoms. The molecule has 2 heteroatoms. The molecule has 0 aliphatic heterocycles. The van der Waals surface area contributed by atoms with E-state index in [0.717, 1.165) is 5.71 Å². The molecule has 1 aromatic rings. The number of nitrogens with zero attached hydrogens (tertiary/aromatic N) is 1. The van der Waals surface area contributed by atoms with Crippen molar-refractivity contribution in [2.45, 2.75) is 19.8 Å². The van der Waals surface area contributed by atoms with Crippen LogP contribution in [-0.4, -0.2) is 10.9 Å². The van der Waals surface area contributed by atoms with Crippen LogP contribution >= 0.6 is 0 Å². The SMILES string of the molecule is C/C(=N/O)[C@H](C)c1ccccc1. The van der Waals surface area contributed by atoms with Gasteiger partial charge in [-0.1, -0.05) is 42.4 Å². The number of benzene rings is 1. The predicted molar refractivity (Wildman–Crippen MR) is 49.8 cm³/mol. The highest BCUT2D eigenvalue weighted by molar-refractivity contribution is 5.87. The summed E-state index contributed by atoms with van der Waals surface area (Å²) in [6, 6.07) is 9.99. The minimum Gasteiger partial charge on any atom is -0.411 e. The van der Waals surface area contributed by atoms with E-state index in [-0.39, 0.29) is 5.92 Å². The lowest BCUT2D eigenvalue weighted by molar-refractivity contribution is 0.316. The van der Waals surface area contributed by atoms with Crippen molar-refractivity contribution >= 4 is 5.71 Å². The first-order valence-electron chi connectivity index (χ1n) is 3.99. The summed E-state index contributed by atoms with van der Waals surface area (Å²) in [4.78, 5) is 0. The molecule has 0 unspecified atom stereocenters. The van der Waals surface area contributed by atoms with Crippen molar-refractivity contribution in [2.75, 3.05) is 0 Å². The average Bonchev–Trinajstić information content (AvgIpc) is 2.17. The van der Waals surface area contributed by atoms with Crippen molar-refractivity contribution in [3.05, 3.63) is 35.9 Å². The maximum atomic E-state index is 8.55. The van der Waals surface area contributed by atoms with E-state index in [9.17, 15) is 0 Å². The summed E-state index contributed by atoms with van der Waals surface area (Å²) in [5.74, 6) is 0.191. The molecule has 0 fully saturated rings. The van der Waals surface area contributed by atoms with Crippen LogP contribution in [-0.2, 0) is 0 Å². The summed E-state index contributed by atoms with van der Waals surface area (Å²) < 4.78 is 0. The number of rotatable bonds is 2. The second-order valence-corrected chi connectivity index (χ2v) is 2.87. The zero-order valence-electron chi connectivity index (χ0n) is 7.36. The molecule has 1 rings (SSSR count). The van der Waals surface area contributed by atoms with Crippen LogP contribution < -0.4 is 0 Å². The molecular formula is C10H13NO. The highest BCUT2D eigenvalue weighted by Gasteiger charge is 2.07. The van der Waals surface area contributed by atoms with Gasteiger partial charge in [-0.2, -0.15) is 0 Å². The molecule has 64 valence electrons. The van der Waals surface area contributed by atoms with Crippen LogP contribution in [0.15, 0.2) is 35.5 Å². The van der Waals surface area contributed by atoms with Gasteiger partial charge in [-0.3, -0.25) is 0 Å². The van der Waals surface area contributed by atoms with Gasteiger partial charge in [-0.15, -0.1) is 0 Å². The third kappa shape index (κ3) is 1.84. The molecule has 12 heavy (non-hydrogen) atoms. The van der Waals surface area contributed by atoms with Gasteiger partial charge in [-0.05, 0) is 12.5 Å². The van der Waals surface area contributed by atoms with Gasteiger partial charge in [-0.25, -0.2) is 0 Å². The number of hydrogen-bond acceptors (Lipinski definition) is 2. The van der Waals surface area contributed by atoms with E-state index in [1.807, 2.05) is 44.2 Å². The molecule has 0 aliphatic rings. The van der Waals surface area contributed by atoms with Crippen LogP contribution in [0.4, 0.5) is 0 Å². The van der Waals surface area contributed by atoms with Gasteiger partial charge in [0.05, 0.1) is 5.71 Å². The van der Waals surface area contributed by atoms with Crippen LogP contribution in [0.3, 0.4) is 0 Å². The first-order chi connectivity index (χ1) is 5.75. The normalized spacial score (nSPS) is 14.3. The molecular weight excluding hydrogens is 150 g/mol. The lowest BCUT2D eigenvalue weighted by Crippen LogP contribution is -2.04. The summed E-state index contributed by atoms with van der Waals surface area (Å²) in [5.41, 5.74) is 1.91.